The summed E-state index contributed by atoms with van der Waals surface area (Å²) >= 11 is 2.24. The van der Waals surface area contributed by atoms with Crippen LogP contribution in [0.5, 0.6) is 0 Å². The molecular formula is C9H13IN2O. The van der Waals surface area contributed by atoms with Gasteiger partial charge in [0.25, 0.3) is 0 Å². The topological polar surface area (TPSA) is 27.1 Å². The van der Waals surface area contributed by atoms with Crippen molar-refractivity contribution >= 4 is 22.6 Å². The normalized spacial score (nSPS) is 22.5. The summed E-state index contributed by atoms with van der Waals surface area (Å²) in [7, 11) is 0. The molecule has 0 aliphatic carbocycles. The second kappa shape index (κ2) is 3.96. The summed E-state index contributed by atoms with van der Waals surface area (Å²) in [5, 5.41) is 4.40. The predicted molar refractivity (Wildman–Crippen MR) is 58.7 cm³/mol. The standard InChI is InChI=1S/C9H13IN2O/c1-7-5-9(10)11-12(7)6-8-3-2-4-13-8/h5,8H,2-4,6H2,1H3. The molecule has 1 fully saturated rings. The van der Waals surface area contributed by atoms with Crippen LogP contribution in [0.25, 0.3) is 0 Å². The lowest BCUT2D eigenvalue weighted by Gasteiger charge is -2.10. The van der Waals surface area contributed by atoms with E-state index in [1.165, 1.54) is 18.5 Å². The minimum atomic E-state index is 0.384. The van der Waals surface area contributed by atoms with Crippen molar-refractivity contribution in [1.29, 1.82) is 0 Å². The second-order valence-corrected chi connectivity index (χ2v) is 4.53. The highest BCUT2D eigenvalue weighted by Gasteiger charge is 2.17. The maximum Gasteiger partial charge on any atom is 0.123 e. The first-order valence-electron chi connectivity index (χ1n) is 4.57. The predicted octanol–water partition coefficient (Wildman–Crippen LogP) is 1.98. The molecule has 2 rings (SSSR count). The van der Waals surface area contributed by atoms with Gasteiger partial charge in [-0.25, -0.2) is 0 Å². The van der Waals surface area contributed by atoms with Crippen molar-refractivity contribution in [3.8, 4) is 0 Å². The number of aryl methyl sites for hydroxylation is 1. The van der Waals surface area contributed by atoms with Gasteiger partial charge in [-0.05, 0) is 48.4 Å². The van der Waals surface area contributed by atoms with Crippen LogP contribution in [0, 0.1) is 10.6 Å². The molecule has 3 nitrogen and oxygen atoms in total. The molecule has 1 aromatic heterocycles. The van der Waals surface area contributed by atoms with Crippen LogP contribution in [0.4, 0.5) is 0 Å². The molecular weight excluding hydrogens is 279 g/mol. The van der Waals surface area contributed by atoms with Crippen LogP contribution in [-0.4, -0.2) is 22.5 Å². The highest BCUT2D eigenvalue weighted by molar-refractivity contribution is 14.1. The Morgan fingerprint density at radius 2 is 2.62 bits per heavy atom. The zero-order valence-electron chi connectivity index (χ0n) is 7.66. The molecule has 0 amide bonds. The van der Waals surface area contributed by atoms with Crippen LogP contribution in [-0.2, 0) is 11.3 Å². The average Bonchev–Trinajstić information content (AvgIpc) is 2.63. The minimum absolute atomic E-state index is 0.384. The van der Waals surface area contributed by atoms with Gasteiger partial charge < -0.3 is 4.74 Å². The Hall–Kier alpha value is -0.100. The van der Waals surface area contributed by atoms with E-state index in [1.54, 1.807) is 0 Å². The zero-order valence-corrected chi connectivity index (χ0v) is 9.82. The average molecular weight is 292 g/mol. The van der Waals surface area contributed by atoms with Gasteiger partial charge in [0.2, 0.25) is 0 Å². The fourth-order valence-corrected chi connectivity index (χ4v) is 2.35. The van der Waals surface area contributed by atoms with E-state index in [9.17, 15) is 0 Å². The number of hydrogen-bond donors (Lipinski definition) is 0. The molecule has 0 saturated carbocycles. The van der Waals surface area contributed by atoms with Gasteiger partial charge in [0, 0.05) is 12.3 Å². The van der Waals surface area contributed by atoms with Crippen molar-refractivity contribution in [2.75, 3.05) is 6.61 Å². The van der Waals surface area contributed by atoms with Crippen LogP contribution in [0.1, 0.15) is 18.5 Å². The summed E-state index contributed by atoms with van der Waals surface area (Å²) in [6, 6.07) is 2.09. The van der Waals surface area contributed by atoms with Crippen LogP contribution in [0.2, 0.25) is 0 Å². The lowest BCUT2D eigenvalue weighted by Crippen LogP contribution is -2.16. The number of nitrogens with zero attached hydrogens (tertiary/aromatic N) is 2. The van der Waals surface area contributed by atoms with Crippen LogP contribution in [0.15, 0.2) is 6.07 Å². The molecule has 0 bridgehead atoms. The molecule has 1 aromatic rings. The zero-order chi connectivity index (χ0) is 9.26. The number of hydrogen-bond acceptors (Lipinski definition) is 2. The van der Waals surface area contributed by atoms with Crippen LogP contribution < -0.4 is 0 Å². The summed E-state index contributed by atoms with van der Waals surface area (Å²) in [5.41, 5.74) is 1.22. The van der Waals surface area contributed by atoms with E-state index >= 15 is 0 Å². The Balaban J connectivity index is 2.03. The first-order chi connectivity index (χ1) is 6.25. The van der Waals surface area contributed by atoms with Gasteiger partial charge in [0.05, 0.1) is 12.6 Å². The Bertz CT molecular complexity index is 292. The van der Waals surface area contributed by atoms with E-state index in [0.717, 1.165) is 16.9 Å². The van der Waals surface area contributed by atoms with Crippen LogP contribution >= 0.6 is 22.6 Å². The van der Waals surface area contributed by atoms with Gasteiger partial charge >= 0.3 is 0 Å². The maximum atomic E-state index is 5.56. The highest BCUT2D eigenvalue weighted by atomic mass is 127. The lowest BCUT2D eigenvalue weighted by molar-refractivity contribution is 0.0934. The lowest BCUT2D eigenvalue weighted by atomic mass is 10.2. The Morgan fingerprint density at radius 1 is 1.77 bits per heavy atom. The minimum Gasteiger partial charge on any atom is -0.376 e. The van der Waals surface area contributed by atoms with Crippen LogP contribution in [0.3, 0.4) is 0 Å². The molecule has 0 aromatic carbocycles. The molecule has 1 unspecified atom stereocenters. The number of aromatic nitrogens is 2. The molecule has 2 heterocycles. The van der Waals surface area contributed by atoms with E-state index < -0.39 is 0 Å². The molecule has 1 atom stereocenters. The molecule has 13 heavy (non-hydrogen) atoms. The fourth-order valence-electron chi connectivity index (χ4n) is 1.64. The van der Waals surface area contributed by atoms with Gasteiger partial charge in [-0.15, -0.1) is 0 Å². The molecule has 1 aliphatic heterocycles. The fraction of sp³-hybridized carbons (Fsp3) is 0.667. The third kappa shape index (κ3) is 2.22. The van der Waals surface area contributed by atoms with Gasteiger partial charge in [0.15, 0.2) is 0 Å². The second-order valence-electron chi connectivity index (χ2n) is 3.43. The number of rotatable bonds is 2. The smallest absolute Gasteiger partial charge is 0.123 e. The van der Waals surface area contributed by atoms with E-state index in [1.807, 2.05) is 4.68 Å². The van der Waals surface area contributed by atoms with E-state index in [-0.39, 0.29) is 0 Å². The molecule has 0 spiro atoms. The molecule has 72 valence electrons. The van der Waals surface area contributed by atoms with Crippen molar-refractivity contribution in [1.82, 2.24) is 9.78 Å². The van der Waals surface area contributed by atoms with Crippen molar-refractivity contribution in [2.24, 2.45) is 0 Å². The van der Waals surface area contributed by atoms with Crippen molar-refractivity contribution in [2.45, 2.75) is 32.4 Å². The van der Waals surface area contributed by atoms with E-state index in [0.29, 0.717) is 6.10 Å². The third-order valence-electron chi connectivity index (χ3n) is 2.35. The maximum absolute atomic E-state index is 5.56. The van der Waals surface area contributed by atoms with Gasteiger partial charge in [-0.2, -0.15) is 5.10 Å². The van der Waals surface area contributed by atoms with Gasteiger partial charge in [-0.1, -0.05) is 0 Å². The first kappa shape index (κ1) is 9.45. The Morgan fingerprint density at radius 3 is 3.15 bits per heavy atom. The molecule has 0 N–H and O–H groups in total. The molecule has 1 saturated heterocycles. The van der Waals surface area contributed by atoms with Crippen molar-refractivity contribution in [3.05, 3.63) is 15.5 Å². The monoisotopic (exact) mass is 292 g/mol. The Labute approximate surface area is 91.6 Å². The SMILES string of the molecule is Cc1cc(I)nn1CC1CCCO1. The summed E-state index contributed by atoms with van der Waals surface area (Å²) in [6.07, 6.45) is 2.76. The molecule has 1 aliphatic rings. The van der Waals surface area contributed by atoms with Crippen molar-refractivity contribution in [3.63, 3.8) is 0 Å². The Kier molecular flexibility index (Phi) is 2.88. The third-order valence-corrected chi connectivity index (χ3v) is 2.88. The van der Waals surface area contributed by atoms with E-state index in [4.69, 9.17) is 4.74 Å². The summed E-state index contributed by atoms with van der Waals surface area (Å²) in [5.74, 6) is 0. The summed E-state index contributed by atoms with van der Waals surface area (Å²) in [4.78, 5) is 0. The first-order valence-corrected chi connectivity index (χ1v) is 5.65. The van der Waals surface area contributed by atoms with Crippen molar-refractivity contribution < 1.29 is 4.74 Å². The summed E-state index contributed by atoms with van der Waals surface area (Å²) in [6.45, 7) is 3.92. The van der Waals surface area contributed by atoms with Gasteiger partial charge in [-0.3, -0.25) is 4.68 Å². The summed E-state index contributed by atoms with van der Waals surface area (Å²) < 4.78 is 8.66. The molecule has 0 radical (unpaired) electrons. The largest absolute Gasteiger partial charge is 0.376 e. The highest BCUT2D eigenvalue weighted by Crippen LogP contribution is 2.15. The van der Waals surface area contributed by atoms with E-state index in [2.05, 4.69) is 40.7 Å². The molecule has 4 heteroatoms. The number of halogens is 1. The quantitative estimate of drug-likeness (QED) is 0.779. The number of ether oxygens (including phenoxy) is 1. The van der Waals surface area contributed by atoms with Gasteiger partial charge in [0.1, 0.15) is 3.70 Å².